The molecule has 2 aliphatic rings. The molecule has 1 saturated heterocycles. The highest BCUT2D eigenvalue weighted by Crippen LogP contribution is 2.25. The second-order valence-electron chi connectivity index (χ2n) is 5.87. The van der Waals surface area contributed by atoms with E-state index in [0.717, 1.165) is 31.5 Å². The van der Waals surface area contributed by atoms with Crippen molar-refractivity contribution in [2.45, 2.75) is 51.5 Å². The molecule has 1 aromatic carbocycles. The number of likely N-dealkylation sites (tertiary alicyclic amines) is 1. The van der Waals surface area contributed by atoms with Crippen molar-refractivity contribution in [1.82, 2.24) is 4.90 Å². The number of nitrogens with zero attached hydrogens (tertiary/aromatic N) is 1. The van der Waals surface area contributed by atoms with Crippen LogP contribution in [0, 0.1) is 0 Å². The summed E-state index contributed by atoms with van der Waals surface area (Å²) in [6, 6.07) is 6.47. The van der Waals surface area contributed by atoms with Gasteiger partial charge in [-0.2, -0.15) is 0 Å². The molecule has 1 aliphatic carbocycles. The van der Waals surface area contributed by atoms with Crippen LogP contribution in [0.4, 0.5) is 0 Å². The maximum absolute atomic E-state index is 12.7. The first-order chi connectivity index (χ1) is 9.29. The van der Waals surface area contributed by atoms with Crippen LogP contribution in [-0.4, -0.2) is 29.8 Å². The highest BCUT2D eigenvalue weighted by Gasteiger charge is 2.27. The van der Waals surface area contributed by atoms with E-state index in [-0.39, 0.29) is 6.04 Å². The molecule has 3 rings (SSSR count). The fraction of sp³-hybridized carbons (Fsp3) is 0.588. The van der Waals surface area contributed by atoms with Crippen LogP contribution in [0.15, 0.2) is 18.2 Å². The second-order valence-corrected chi connectivity index (χ2v) is 5.87. The molecule has 1 atom stereocenters. The molecule has 1 aromatic rings. The summed E-state index contributed by atoms with van der Waals surface area (Å²) in [5, 5.41) is 0. The largest absolute Gasteiger partial charge is 0.293 e. The Morgan fingerprint density at radius 3 is 2.63 bits per heavy atom. The molecule has 0 amide bonds. The molecule has 0 spiro atoms. The summed E-state index contributed by atoms with van der Waals surface area (Å²) in [5.41, 5.74) is 3.78. The Balaban J connectivity index is 1.81. The summed E-state index contributed by atoms with van der Waals surface area (Å²) >= 11 is 0. The summed E-state index contributed by atoms with van der Waals surface area (Å²) in [4.78, 5) is 15.1. The van der Waals surface area contributed by atoms with E-state index >= 15 is 0 Å². The third-order valence-electron chi connectivity index (χ3n) is 4.65. The number of rotatable bonds is 4. The van der Waals surface area contributed by atoms with Crippen molar-refractivity contribution in [3.63, 3.8) is 0 Å². The molecule has 1 unspecified atom stereocenters. The predicted octanol–water partition coefficient (Wildman–Crippen LogP) is 3.23. The highest BCUT2D eigenvalue weighted by atomic mass is 16.1. The minimum absolute atomic E-state index is 0.0990. The van der Waals surface area contributed by atoms with Crippen LogP contribution in [-0.2, 0) is 12.8 Å². The number of Topliss-reactive ketones (excluding diaryl/α,β-unsaturated/α-hetero) is 1. The van der Waals surface area contributed by atoms with Crippen LogP contribution in [0.25, 0.3) is 0 Å². The van der Waals surface area contributed by atoms with Gasteiger partial charge in [-0.1, -0.05) is 19.1 Å². The molecule has 19 heavy (non-hydrogen) atoms. The van der Waals surface area contributed by atoms with Gasteiger partial charge in [-0.15, -0.1) is 0 Å². The van der Waals surface area contributed by atoms with Crippen molar-refractivity contribution in [3.8, 4) is 0 Å². The van der Waals surface area contributed by atoms with Crippen LogP contribution < -0.4 is 0 Å². The molecule has 0 bridgehead atoms. The molecule has 1 fully saturated rings. The average molecular weight is 257 g/mol. The van der Waals surface area contributed by atoms with Crippen LogP contribution in [0.5, 0.6) is 0 Å². The number of benzene rings is 1. The zero-order chi connectivity index (χ0) is 13.2. The Morgan fingerprint density at radius 2 is 1.89 bits per heavy atom. The normalized spacial score (nSPS) is 20.5. The van der Waals surface area contributed by atoms with Gasteiger partial charge in [-0.25, -0.2) is 0 Å². The summed E-state index contributed by atoms with van der Waals surface area (Å²) in [5.74, 6) is 0.333. The first kappa shape index (κ1) is 12.9. The number of hydrogen-bond donors (Lipinski definition) is 0. The quantitative estimate of drug-likeness (QED) is 0.772. The Hall–Kier alpha value is -1.15. The van der Waals surface area contributed by atoms with Gasteiger partial charge in [-0.3, -0.25) is 9.69 Å². The number of aryl methyl sites for hydroxylation is 2. The number of hydrogen-bond acceptors (Lipinski definition) is 2. The van der Waals surface area contributed by atoms with E-state index < -0.39 is 0 Å². The lowest BCUT2D eigenvalue weighted by molar-refractivity contribution is 0.0844. The standard InChI is InChI=1S/C17H23NO/c1-2-16(18-10-3-4-11-18)17(19)15-9-8-13-6-5-7-14(13)12-15/h8-9,12,16H,2-7,10-11H2,1H3. The van der Waals surface area contributed by atoms with E-state index in [0.29, 0.717) is 5.78 Å². The van der Waals surface area contributed by atoms with Crippen molar-refractivity contribution in [1.29, 1.82) is 0 Å². The van der Waals surface area contributed by atoms with Crippen LogP contribution in [0.3, 0.4) is 0 Å². The lowest BCUT2D eigenvalue weighted by Gasteiger charge is -2.25. The molecule has 2 heteroatoms. The molecule has 102 valence electrons. The average Bonchev–Trinajstić information content (AvgIpc) is 3.09. The minimum atomic E-state index is 0.0990. The SMILES string of the molecule is CCC(C(=O)c1ccc2c(c1)CCC2)N1CCCC1. The Bertz CT molecular complexity index is 474. The molecule has 0 radical (unpaired) electrons. The van der Waals surface area contributed by atoms with Crippen LogP contribution in [0.2, 0.25) is 0 Å². The molecule has 1 heterocycles. The molecule has 1 aliphatic heterocycles. The van der Waals surface area contributed by atoms with Crippen molar-refractivity contribution < 1.29 is 4.79 Å². The van der Waals surface area contributed by atoms with Gasteiger partial charge in [0.15, 0.2) is 5.78 Å². The third-order valence-corrected chi connectivity index (χ3v) is 4.65. The minimum Gasteiger partial charge on any atom is -0.293 e. The fourth-order valence-electron chi connectivity index (χ4n) is 3.58. The Kier molecular flexibility index (Phi) is 3.69. The predicted molar refractivity (Wildman–Crippen MR) is 77.7 cm³/mol. The molecule has 0 aromatic heterocycles. The summed E-state index contributed by atoms with van der Waals surface area (Å²) in [7, 11) is 0. The van der Waals surface area contributed by atoms with Crippen molar-refractivity contribution in [3.05, 3.63) is 34.9 Å². The molecular formula is C17H23NO. The molecule has 0 saturated carbocycles. The number of carbonyl (C=O) groups excluding carboxylic acids is 1. The highest BCUT2D eigenvalue weighted by molar-refractivity contribution is 6.00. The zero-order valence-corrected chi connectivity index (χ0v) is 11.8. The van der Waals surface area contributed by atoms with Gasteiger partial charge in [0.05, 0.1) is 6.04 Å². The smallest absolute Gasteiger partial charge is 0.179 e. The number of carbonyl (C=O) groups is 1. The van der Waals surface area contributed by atoms with Crippen LogP contribution >= 0.6 is 0 Å². The zero-order valence-electron chi connectivity index (χ0n) is 11.8. The Labute approximate surface area is 115 Å². The summed E-state index contributed by atoms with van der Waals surface area (Å²) in [6.45, 7) is 4.32. The van der Waals surface area contributed by atoms with Gasteiger partial charge in [-0.05, 0) is 68.8 Å². The van der Waals surface area contributed by atoms with Crippen LogP contribution in [0.1, 0.15) is 54.1 Å². The van der Waals surface area contributed by atoms with Gasteiger partial charge in [0, 0.05) is 5.56 Å². The maximum Gasteiger partial charge on any atom is 0.179 e. The first-order valence-corrected chi connectivity index (χ1v) is 7.69. The maximum atomic E-state index is 12.7. The van der Waals surface area contributed by atoms with Gasteiger partial charge in [0.25, 0.3) is 0 Å². The molecule has 2 nitrogen and oxygen atoms in total. The third kappa shape index (κ3) is 2.46. The van der Waals surface area contributed by atoms with E-state index in [1.807, 2.05) is 6.07 Å². The van der Waals surface area contributed by atoms with E-state index in [1.165, 1.54) is 36.8 Å². The molecule has 0 N–H and O–H groups in total. The van der Waals surface area contributed by atoms with Gasteiger partial charge >= 0.3 is 0 Å². The van der Waals surface area contributed by atoms with E-state index in [9.17, 15) is 4.79 Å². The molecular weight excluding hydrogens is 234 g/mol. The number of ketones is 1. The van der Waals surface area contributed by atoms with E-state index in [4.69, 9.17) is 0 Å². The lowest BCUT2D eigenvalue weighted by atomic mass is 9.97. The van der Waals surface area contributed by atoms with Crippen molar-refractivity contribution in [2.24, 2.45) is 0 Å². The van der Waals surface area contributed by atoms with Gasteiger partial charge in [0.1, 0.15) is 0 Å². The van der Waals surface area contributed by atoms with Gasteiger partial charge in [0.2, 0.25) is 0 Å². The van der Waals surface area contributed by atoms with Crippen molar-refractivity contribution >= 4 is 5.78 Å². The lowest BCUT2D eigenvalue weighted by Crippen LogP contribution is -2.38. The van der Waals surface area contributed by atoms with Gasteiger partial charge < -0.3 is 0 Å². The second kappa shape index (κ2) is 5.46. The topological polar surface area (TPSA) is 20.3 Å². The summed E-state index contributed by atoms with van der Waals surface area (Å²) < 4.78 is 0. The van der Waals surface area contributed by atoms with E-state index in [2.05, 4.69) is 24.0 Å². The fourth-order valence-corrected chi connectivity index (χ4v) is 3.58. The number of fused-ring (bicyclic) bond motifs is 1. The first-order valence-electron chi connectivity index (χ1n) is 7.69. The summed E-state index contributed by atoms with van der Waals surface area (Å²) in [6.07, 6.45) is 7.00. The monoisotopic (exact) mass is 257 g/mol. The van der Waals surface area contributed by atoms with Crippen molar-refractivity contribution in [2.75, 3.05) is 13.1 Å². The Morgan fingerprint density at radius 1 is 1.16 bits per heavy atom. The van der Waals surface area contributed by atoms with E-state index in [1.54, 1.807) is 0 Å².